The average Bonchev–Trinajstić information content (AvgIpc) is 2.45. The molecule has 1 heterocycles. The third kappa shape index (κ3) is 2.48. The van der Waals surface area contributed by atoms with E-state index in [1.807, 2.05) is 0 Å². The maximum absolute atomic E-state index is 11.3. The Bertz CT molecular complexity index is 230. The Hall–Kier alpha value is -0.970. The van der Waals surface area contributed by atoms with Gasteiger partial charge in [-0.1, -0.05) is 23.0 Å². The summed E-state index contributed by atoms with van der Waals surface area (Å²) in [6.07, 6.45) is 3.92. The third-order valence-corrected chi connectivity index (χ3v) is 2.81. The van der Waals surface area contributed by atoms with Gasteiger partial charge >= 0.3 is 0 Å². The Labute approximate surface area is 81.3 Å². The van der Waals surface area contributed by atoms with E-state index >= 15 is 0 Å². The van der Waals surface area contributed by atoms with E-state index in [1.54, 1.807) is 11.0 Å². The lowest BCUT2D eigenvalue weighted by atomic mass is 10.3. The topological polar surface area (TPSA) is 52.9 Å². The third-order valence-electron chi connectivity index (χ3n) is 1.83. The fraction of sp³-hybridized carbons (Fsp3) is 0.500. The van der Waals surface area contributed by atoms with Gasteiger partial charge in [0.15, 0.2) is 0 Å². The predicted molar refractivity (Wildman–Crippen MR) is 53.4 cm³/mol. The van der Waals surface area contributed by atoms with Crippen molar-refractivity contribution in [2.45, 2.75) is 12.5 Å². The van der Waals surface area contributed by atoms with E-state index in [0.717, 1.165) is 6.42 Å². The zero-order chi connectivity index (χ0) is 9.68. The first-order valence-corrected chi connectivity index (χ1v) is 5.00. The second-order valence-corrected chi connectivity index (χ2v) is 3.65. The summed E-state index contributed by atoms with van der Waals surface area (Å²) in [7, 11) is 0. The molecule has 0 aromatic carbocycles. The van der Waals surface area contributed by atoms with E-state index in [4.69, 9.17) is 5.21 Å². The van der Waals surface area contributed by atoms with E-state index in [1.165, 1.54) is 18.0 Å². The molecule has 72 valence electrons. The van der Waals surface area contributed by atoms with Gasteiger partial charge in [-0.15, -0.1) is 6.58 Å². The number of nitrogens with zero attached hydrogens (tertiary/aromatic N) is 2. The molecule has 4 nitrogen and oxygen atoms in total. The Morgan fingerprint density at radius 2 is 2.62 bits per heavy atom. The molecule has 0 spiro atoms. The molecule has 1 aliphatic rings. The number of amides is 1. The van der Waals surface area contributed by atoms with Crippen molar-refractivity contribution < 1.29 is 10.0 Å². The number of rotatable bonds is 4. The van der Waals surface area contributed by atoms with Crippen molar-refractivity contribution in [1.29, 1.82) is 0 Å². The van der Waals surface area contributed by atoms with Crippen molar-refractivity contribution in [2.24, 2.45) is 5.16 Å². The molecule has 0 radical (unpaired) electrons. The molecule has 0 bridgehead atoms. The molecule has 1 saturated heterocycles. The minimum absolute atomic E-state index is 0.0479. The Morgan fingerprint density at radius 1 is 1.85 bits per heavy atom. The van der Waals surface area contributed by atoms with Gasteiger partial charge in [0.2, 0.25) is 0 Å². The van der Waals surface area contributed by atoms with Crippen molar-refractivity contribution in [3.05, 3.63) is 12.7 Å². The number of oxime groups is 1. The zero-order valence-electron chi connectivity index (χ0n) is 7.22. The van der Waals surface area contributed by atoms with Crippen molar-refractivity contribution in [2.75, 3.05) is 12.3 Å². The minimum atomic E-state index is -0.0672. The molecular weight excluding hydrogens is 188 g/mol. The molecule has 5 heteroatoms. The van der Waals surface area contributed by atoms with Crippen LogP contribution < -0.4 is 0 Å². The van der Waals surface area contributed by atoms with Crippen LogP contribution in [-0.2, 0) is 0 Å². The summed E-state index contributed by atoms with van der Waals surface area (Å²) in [5.41, 5.74) is 0. The normalized spacial score (nSPS) is 22.9. The highest BCUT2D eigenvalue weighted by atomic mass is 32.2. The first-order chi connectivity index (χ1) is 6.29. The Morgan fingerprint density at radius 3 is 3.23 bits per heavy atom. The van der Waals surface area contributed by atoms with Crippen LogP contribution in [0.5, 0.6) is 0 Å². The van der Waals surface area contributed by atoms with Gasteiger partial charge in [-0.25, -0.2) is 0 Å². The number of carbonyl (C=O) groups is 1. The van der Waals surface area contributed by atoms with E-state index in [0.29, 0.717) is 12.3 Å². The van der Waals surface area contributed by atoms with Crippen LogP contribution >= 0.6 is 11.8 Å². The molecule has 1 aliphatic heterocycles. The van der Waals surface area contributed by atoms with Crippen molar-refractivity contribution in [3.8, 4) is 0 Å². The molecule has 1 N–H and O–H groups in total. The Balaban J connectivity index is 2.54. The fourth-order valence-corrected chi connectivity index (χ4v) is 2.12. The predicted octanol–water partition coefficient (Wildman–Crippen LogP) is 1.56. The summed E-state index contributed by atoms with van der Waals surface area (Å²) in [6, 6.07) is -0.0672. The molecule has 0 aliphatic carbocycles. The highest BCUT2D eigenvalue weighted by Gasteiger charge is 2.29. The van der Waals surface area contributed by atoms with E-state index in [2.05, 4.69) is 11.7 Å². The van der Waals surface area contributed by atoms with Crippen molar-refractivity contribution >= 4 is 23.2 Å². The largest absolute Gasteiger partial charge is 0.411 e. The fourth-order valence-electron chi connectivity index (χ4n) is 1.15. The second kappa shape index (κ2) is 4.91. The zero-order valence-corrected chi connectivity index (χ0v) is 8.04. The first-order valence-electron chi connectivity index (χ1n) is 4.01. The van der Waals surface area contributed by atoms with Crippen LogP contribution in [0.3, 0.4) is 0 Å². The molecule has 1 atom stereocenters. The van der Waals surface area contributed by atoms with Crippen molar-refractivity contribution in [1.82, 2.24) is 4.90 Å². The SMILES string of the molecule is C=CCCN1C(=O)SC[C@H]1/C=N/O. The standard InChI is InChI=1S/C8H12N2O2S/c1-2-3-4-10-7(5-9-12)6-13-8(10)11/h2,5,7,12H,1,3-4,6H2/b9-5+/t7-/m1/s1. The smallest absolute Gasteiger partial charge is 0.282 e. The lowest BCUT2D eigenvalue weighted by molar-refractivity contribution is 0.223. The molecule has 13 heavy (non-hydrogen) atoms. The van der Waals surface area contributed by atoms with Crippen LogP contribution in [0, 0.1) is 0 Å². The summed E-state index contributed by atoms with van der Waals surface area (Å²) in [4.78, 5) is 13.0. The van der Waals surface area contributed by atoms with E-state index in [9.17, 15) is 4.79 Å². The van der Waals surface area contributed by atoms with Gasteiger partial charge in [0.25, 0.3) is 5.24 Å². The van der Waals surface area contributed by atoms with Gasteiger partial charge in [-0.2, -0.15) is 0 Å². The van der Waals surface area contributed by atoms with Gasteiger partial charge in [-0.05, 0) is 6.42 Å². The van der Waals surface area contributed by atoms with Crippen LogP contribution in [0.25, 0.3) is 0 Å². The number of hydrogen-bond acceptors (Lipinski definition) is 4. The van der Waals surface area contributed by atoms with Gasteiger partial charge in [-0.3, -0.25) is 4.79 Å². The summed E-state index contributed by atoms with van der Waals surface area (Å²) in [6.45, 7) is 4.23. The summed E-state index contributed by atoms with van der Waals surface area (Å²) >= 11 is 1.25. The second-order valence-electron chi connectivity index (χ2n) is 2.68. The van der Waals surface area contributed by atoms with Crippen LogP contribution in [0.15, 0.2) is 17.8 Å². The summed E-state index contributed by atoms with van der Waals surface area (Å²) in [5.74, 6) is 0.667. The lowest BCUT2D eigenvalue weighted by Gasteiger charge is -2.18. The summed E-state index contributed by atoms with van der Waals surface area (Å²) in [5, 5.41) is 11.4. The van der Waals surface area contributed by atoms with Crippen LogP contribution in [0.4, 0.5) is 4.79 Å². The summed E-state index contributed by atoms with van der Waals surface area (Å²) < 4.78 is 0. The number of carbonyl (C=O) groups excluding carboxylic acids is 1. The molecule has 0 aromatic heterocycles. The van der Waals surface area contributed by atoms with E-state index < -0.39 is 0 Å². The maximum atomic E-state index is 11.3. The average molecular weight is 200 g/mol. The van der Waals surface area contributed by atoms with Gasteiger partial charge in [0, 0.05) is 12.3 Å². The van der Waals surface area contributed by atoms with Crippen LogP contribution in [-0.4, -0.2) is 39.9 Å². The molecule has 0 aromatic rings. The number of hydrogen-bond donors (Lipinski definition) is 1. The minimum Gasteiger partial charge on any atom is -0.411 e. The highest BCUT2D eigenvalue weighted by molar-refractivity contribution is 8.13. The van der Waals surface area contributed by atoms with Crippen LogP contribution in [0.1, 0.15) is 6.42 Å². The van der Waals surface area contributed by atoms with Gasteiger partial charge in [0.05, 0.1) is 12.3 Å². The maximum Gasteiger partial charge on any atom is 0.282 e. The van der Waals surface area contributed by atoms with Crippen molar-refractivity contribution in [3.63, 3.8) is 0 Å². The molecule has 0 unspecified atom stereocenters. The van der Waals surface area contributed by atoms with Gasteiger partial charge < -0.3 is 10.1 Å². The molecule has 0 saturated carbocycles. The highest BCUT2D eigenvalue weighted by Crippen LogP contribution is 2.22. The van der Waals surface area contributed by atoms with E-state index in [-0.39, 0.29) is 11.3 Å². The van der Waals surface area contributed by atoms with Crippen LogP contribution in [0.2, 0.25) is 0 Å². The monoisotopic (exact) mass is 200 g/mol. The first kappa shape index (κ1) is 10.1. The molecule has 1 rings (SSSR count). The number of thioether (sulfide) groups is 1. The molecular formula is C8H12N2O2S. The van der Waals surface area contributed by atoms with Gasteiger partial charge in [0.1, 0.15) is 0 Å². The Kier molecular flexibility index (Phi) is 3.82. The quantitative estimate of drug-likeness (QED) is 0.324. The molecule has 1 amide bonds. The lowest BCUT2D eigenvalue weighted by Crippen LogP contribution is -2.35. The molecule has 1 fully saturated rings.